The molecule has 0 amide bonds. The number of aromatic nitrogens is 3. The van der Waals surface area contributed by atoms with Crippen LogP contribution in [0.25, 0.3) is 11.0 Å². The molecule has 0 bridgehead atoms. The van der Waals surface area contributed by atoms with E-state index in [-0.39, 0.29) is 6.10 Å². The third kappa shape index (κ3) is 3.69. The molecule has 2 N–H and O–H groups in total. The minimum absolute atomic E-state index is 0.140. The van der Waals surface area contributed by atoms with Gasteiger partial charge in [-0.05, 0) is 55.0 Å². The first kappa shape index (κ1) is 16.7. The van der Waals surface area contributed by atoms with E-state index in [1.165, 1.54) is 0 Å². The number of hydrogen-bond acceptors (Lipinski definition) is 4. The average molecular weight is 381 g/mol. The van der Waals surface area contributed by atoms with Gasteiger partial charge in [0.15, 0.2) is 0 Å². The smallest absolute Gasteiger partial charge is 0.224 e. The molecule has 23 heavy (non-hydrogen) atoms. The zero-order valence-electron chi connectivity index (χ0n) is 13.8. The number of halogens is 1. The fourth-order valence-electron chi connectivity index (χ4n) is 3.40. The molecule has 0 saturated heterocycles. The molecule has 0 spiro atoms. The van der Waals surface area contributed by atoms with Crippen LogP contribution in [0.3, 0.4) is 0 Å². The Morgan fingerprint density at radius 3 is 2.83 bits per heavy atom. The van der Waals surface area contributed by atoms with Gasteiger partial charge in [0.25, 0.3) is 0 Å². The largest absolute Gasteiger partial charge is 0.393 e. The summed E-state index contributed by atoms with van der Waals surface area (Å²) in [6, 6.07) is 0.775. The molecule has 2 aromatic heterocycles. The average Bonchev–Trinajstić information content (AvgIpc) is 2.85. The predicted molar refractivity (Wildman–Crippen MR) is 96.7 cm³/mol. The van der Waals surface area contributed by atoms with Crippen LogP contribution in [-0.2, 0) is 0 Å². The minimum atomic E-state index is -0.140. The summed E-state index contributed by atoms with van der Waals surface area (Å²) in [6.07, 6.45) is 9.83. The Bertz CT molecular complexity index is 664. The van der Waals surface area contributed by atoms with Crippen molar-refractivity contribution in [3.05, 3.63) is 16.9 Å². The van der Waals surface area contributed by atoms with E-state index in [9.17, 15) is 5.11 Å². The van der Waals surface area contributed by atoms with Crippen molar-refractivity contribution >= 4 is 32.9 Å². The molecule has 3 rings (SSSR count). The third-order valence-corrected chi connectivity index (χ3v) is 5.31. The van der Waals surface area contributed by atoms with Crippen molar-refractivity contribution in [3.63, 3.8) is 0 Å². The molecule has 1 aliphatic carbocycles. The first-order chi connectivity index (χ1) is 11.1. The zero-order valence-corrected chi connectivity index (χ0v) is 15.4. The lowest BCUT2D eigenvalue weighted by Crippen LogP contribution is -2.21. The van der Waals surface area contributed by atoms with Crippen molar-refractivity contribution in [2.45, 2.75) is 70.6 Å². The van der Waals surface area contributed by atoms with Gasteiger partial charge in [-0.2, -0.15) is 4.98 Å². The summed E-state index contributed by atoms with van der Waals surface area (Å²) in [7, 11) is 0. The van der Waals surface area contributed by atoms with Crippen LogP contribution >= 0.6 is 15.9 Å². The van der Waals surface area contributed by atoms with Gasteiger partial charge in [-0.3, -0.25) is 0 Å². The molecule has 0 unspecified atom stereocenters. The molecular formula is C17H25BrN4O. The van der Waals surface area contributed by atoms with Gasteiger partial charge in [-0.1, -0.05) is 13.3 Å². The lowest BCUT2D eigenvalue weighted by atomic mass is 9.93. The van der Waals surface area contributed by atoms with Crippen LogP contribution < -0.4 is 5.32 Å². The van der Waals surface area contributed by atoms with E-state index in [0.717, 1.165) is 54.0 Å². The Morgan fingerprint density at radius 2 is 2.13 bits per heavy atom. The molecule has 6 heteroatoms. The Kier molecular flexibility index (Phi) is 5.21. The van der Waals surface area contributed by atoms with Gasteiger partial charge in [0, 0.05) is 29.0 Å². The number of nitrogens with zero attached hydrogens (tertiary/aromatic N) is 3. The maximum atomic E-state index is 9.73. The van der Waals surface area contributed by atoms with Gasteiger partial charge in [-0.15, -0.1) is 0 Å². The summed E-state index contributed by atoms with van der Waals surface area (Å²) in [5.74, 6) is 0.696. The standard InChI is InChI=1S/C17H25BrN4O/c1-3-4-11(2)20-17-19-9-14-15(18)10-22(16(14)21-17)12-5-7-13(23)8-6-12/h9-13,23H,3-8H2,1-2H3,(H,19,20,21)/t11-,12?,13?/m0/s1. The second kappa shape index (κ2) is 7.18. The van der Waals surface area contributed by atoms with Crippen molar-refractivity contribution in [2.75, 3.05) is 5.32 Å². The summed E-state index contributed by atoms with van der Waals surface area (Å²) in [4.78, 5) is 9.22. The minimum Gasteiger partial charge on any atom is -0.393 e. The Morgan fingerprint density at radius 1 is 1.39 bits per heavy atom. The Labute approximate surface area is 145 Å². The highest BCUT2D eigenvalue weighted by molar-refractivity contribution is 9.10. The number of hydrogen-bond donors (Lipinski definition) is 2. The summed E-state index contributed by atoms with van der Waals surface area (Å²) in [5, 5.41) is 14.2. The molecule has 1 fully saturated rings. The Balaban J connectivity index is 1.89. The van der Waals surface area contributed by atoms with E-state index in [4.69, 9.17) is 4.98 Å². The van der Waals surface area contributed by atoms with Crippen LogP contribution in [0.1, 0.15) is 58.4 Å². The summed E-state index contributed by atoms with van der Waals surface area (Å²) >= 11 is 3.63. The van der Waals surface area contributed by atoms with Crippen LogP contribution in [0.15, 0.2) is 16.9 Å². The molecule has 2 heterocycles. The highest BCUT2D eigenvalue weighted by Gasteiger charge is 2.23. The summed E-state index contributed by atoms with van der Waals surface area (Å²) in [5.41, 5.74) is 0.972. The van der Waals surface area contributed by atoms with E-state index in [1.54, 1.807) is 0 Å². The van der Waals surface area contributed by atoms with Gasteiger partial charge >= 0.3 is 0 Å². The lowest BCUT2D eigenvalue weighted by Gasteiger charge is -2.27. The maximum absolute atomic E-state index is 9.73. The molecule has 0 aromatic carbocycles. The van der Waals surface area contributed by atoms with Gasteiger partial charge < -0.3 is 15.0 Å². The van der Waals surface area contributed by atoms with Gasteiger partial charge in [-0.25, -0.2) is 4.98 Å². The zero-order chi connectivity index (χ0) is 16.4. The molecule has 1 atom stereocenters. The molecule has 0 radical (unpaired) electrons. The van der Waals surface area contributed by atoms with E-state index < -0.39 is 0 Å². The van der Waals surface area contributed by atoms with Crippen molar-refractivity contribution in [3.8, 4) is 0 Å². The monoisotopic (exact) mass is 380 g/mol. The number of rotatable bonds is 5. The summed E-state index contributed by atoms with van der Waals surface area (Å²) in [6.45, 7) is 4.34. The number of nitrogens with one attached hydrogen (secondary N) is 1. The van der Waals surface area contributed by atoms with Crippen LogP contribution in [0.4, 0.5) is 5.95 Å². The molecule has 5 nitrogen and oxygen atoms in total. The first-order valence-electron chi connectivity index (χ1n) is 8.56. The van der Waals surface area contributed by atoms with Gasteiger partial charge in [0.2, 0.25) is 5.95 Å². The van der Waals surface area contributed by atoms with Crippen molar-refractivity contribution < 1.29 is 5.11 Å². The van der Waals surface area contributed by atoms with Crippen LogP contribution in [-0.4, -0.2) is 31.8 Å². The molecule has 1 aliphatic rings. The lowest BCUT2D eigenvalue weighted by molar-refractivity contribution is 0.111. The van der Waals surface area contributed by atoms with Gasteiger partial charge in [0.1, 0.15) is 5.65 Å². The van der Waals surface area contributed by atoms with E-state index >= 15 is 0 Å². The van der Waals surface area contributed by atoms with Crippen LogP contribution in [0.2, 0.25) is 0 Å². The quantitative estimate of drug-likeness (QED) is 0.812. The molecular weight excluding hydrogens is 356 g/mol. The fourth-order valence-corrected chi connectivity index (χ4v) is 3.90. The molecule has 2 aromatic rings. The van der Waals surface area contributed by atoms with Crippen molar-refractivity contribution in [2.24, 2.45) is 0 Å². The maximum Gasteiger partial charge on any atom is 0.224 e. The van der Waals surface area contributed by atoms with Gasteiger partial charge in [0.05, 0.1) is 11.5 Å². The van der Waals surface area contributed by atoms with E-state index in [1.807, 2.05) is 6.20 Å². The normalized spacial score (nSPS) is 23.1. The number of aliphatic hydroxyl groups excluding tert-OH is 1. The highest BCUT2D eigenvalue weighted by Crippen LogP contribution is 2.34. The first-order valence-corrected chi connectivity index (χ1v) is 9.35. The molecule has 1 saturated carbocycles. The predicted octanol–water partition coefficient (Wildman–Crippen LogP) is 4.27. The van der Waals surface area contributed by atoms with Crippen LogP contribution in [0, 0.1) is 0 Å². The second-order valence-corrected chi connectivity index (χ2v) is 7.47. The van der Waals surface area contributed by atoms with Crippen molar-refractivity contribution in [1.29, 1.82) is 0 Å². The SMILES string of the molecule is CCC[C@H](C)Nc1ncc2c(Br)cn(C3CCC(O)CC3)c2n1. The van der Waals surface area contributed by atoms with Crippen molar-refractivity contribution in [1.82, 2.24) is 14.5 Å². The second-order valence-electron chi connectivity index (χ2n) is 6.61. The topological polar surface area (TPSA) is 63.0 Å². The third-order valence-electron chi connectivity index (χ3n) is 4.68. The number of anilines is 1. The highest BCUT2D eigenvalue weighted by atomic mass is 79.9. The number of fused-ring (bicyclic) bond motifs is 1. The number of aliphatic hydroxyl groups is 1. The fraction of sp³-hybridized carbons (Fsp3) is 0.647. The Hall–Kier alpha value is -1.14. The van der Waals surface area contributed by atoms with Crippen LogP contribution in [0.5, 0.6) is 0 Å². The molecule has 126 valence electrons. The summed E-state index contributed by atoms with van der Waals surface area (Å²) < 4.78 is 3.29. The molecule has 0 aliphatic heterocycles. The van der Waals surface area contributed by atoms with E-state index in [2.05, 4.69) is 50.8 Å². The van der Waals surface area contributed by atoms with E-state index in [0.29, 0.717) is 18.0 Å².